The van der Waals surface area contributed by atoms with E-state index < -0.39 is 11.6 Å². The van der Waals surface area contributed by atoms with Gasteiger partial charge in [-0.3, -0.25) is 4.79 Å². The lowest BCUT2D eigenvalue weighted by Gasteiger charge is -2.26. The standard InChI is InChI=1S/C21H19F2N3O3/c22-17-3-1-2-15(20(17)23)6-19(27)26-9-16-10-28-12-21(16,11-26)13-29-18-5-4-14(7-24)8-25-18/h1-5,8,16H,6,9-13H2/t16-,21+/m1/s1. The third kappa shape index (κ3) is 3.78. The lowest BCUT2D eigenvalue weighted by atomic mass is 9.82. The van der Waals surface area contributed by atoms with Gasteiger partial charge in [0, 0.05) is 36.8 Å². The third-order valence-corrected chi connectivity index (χ3v) is 5.62. The van der Waals surface area contributed by atoms with E-state index in [1.54, 1.807) is 17.0 Å². The molecule has 2 aromatic rings. The van der Waals surface area contributed by atoms with Crippen LogP contribution in [-0.4, -0.2) is 48.7 Å². The predicted molar refractivity (Wildman–Crippen MR) is 97.8 cm³/mol. The summed E-state index contributed by atoms with van der Waals surface area (Å²) in [5.74, 6) is -1.69. The lowest BCUT2D eigenvalue weighted by Crippen LogP contribution is -2.38. The minimum absolute atomic E-state index is 0.0513. The number of nitrogens with zero attached hydrogens (tertiary/aromatic N) is 3. The van der Waals surface area contributed by atoms with Gasteiger partial charge in [-0.1, -0.05) is 12.1 Å². The molecule has 2 saturated heterocycles. The van der Waals surface area contributed by atoms with Crippen molar-refractivity contribution in [2.45, 2.75) is 6.42 Å². The van der Waals surface area contributed by atoms with Gasteiger partial charge in [-0.05, 0) is 12.1 Å². The topological polar surface area (TPSA) is 75.5 Å². The van der Waals surface area contributed by atoms with Crippen molar-refractivity contribution in [2.24, 2.45) is 11.3 Å². The van der Waals surface area contributed by atoms with Gasteiger partial charge in [0.05, 0.1) is 37.2 Å². The maximum absolute atomic E-state index is 13.9. The Bertz CT molecular complexity index is 961. The van der Waals surface area contributed by atoms with Crippen LogP contribution >= 0.6 is 0 Å². The average Bonchev–Trinajstić information content (AvgIpc) is 3.28. The number of likely N-dealkylation sites (tertiary alicyclic amines) is 1. The van der Waals surface area contributed by atoms with E-state index in [4.69, 9.17) is 14.7 Å². The van der Waals surface area contributed by atoms with Crippen LogP contribution in [0.1, 0.15) is 11.1 Å². The summed E-state index contributed by atoms with van der Waals surface area (Å²) >= 11 is 0. The molecule has 0 spiro atoms. The van der Waals surface area contributed by atoms with Crippen LogP contribution in [0.15, 0.2) is 36.5 Å². The predicted octanol–water partition coefficient (Wildman–Crippen LogP) is 2.33. The molecule has 2 aliphatic rings. The molecule has 0 radical (unpaired) electrons. The Morgan fingerprint density at radius 1 is 1.38 bits per heavy atom. The summed E-state index contributed by atoms with van der Waals surface area (Å²) in [6.45, 7) is 2.19. The van der Waals surface area contributed by atoms with Crippen molar-refractivity contribution in [2.75, 3.05) is 32.9 Å². The number of carbonyl (C=O) groups excluding carboxylic acids is 1. The molecule has 2 fully saturated rings. The smallest absolute Gasteiger partial charge is 0.227 e. The Kier molecular flexibility index (Phi) is 5.16. The first kappa shape index (κ1) is 19.3. The van der Waals surface area contributed by atoms with Gasteiger partial charge in [-0.25, -0.2) is 13.8 Å². The second kappa shape index (κ2) is 7.76. The van der Waals surface area contributed by atoms with E-state index in [0.29, 0.717) is 44.4 Å². The minimum atomic E-state index is -0.978. The molecule has 3 heterocycles. The fourth-order valence-corrected chi connectivity index (χ4v) is 3.94. The fraction of sp³-hybridized carbons (Fsp3) is 0.381. The number of hydrogen-bond acceptors (Lipinski definition) is 5. The Morgan fingerprint density at radius 2 is 2.24 bits per heavy atom. The minimum Gasteiger partial charge on any atom is -0.477 e. The molecule has 0 unspecified atom stereocenters. The first-order valence-corrected chi connectivity index (χ1v) is 9.28. The summed E-state index contributed by atoms with van der Waals surface area (Å²) < 4.78 is 38.8. The van der Waals surface area contributed by atoms with Crippen LogP contribution in [0, 0.1) is 34.3 Å². The van der Waals surface area contributed by atoms with Gasteiger partial charge in [0.2, 0.25) is 11.8 Å². The second-order valence-corrected chi connectivity index (χ2v) is 7.52. The van der Waals surface area contributed by atoms with Gasteiger partial charge < -0.3 is 14.4 Å². The monoisotopic (exact) mass is 399 g/mol. The normalized spacial score (nSPS) is 22.9. The third-order valence-electron chi connectivity index (χ3n) is 5.62. The molecule has 2 atom stereocenters. The highest BCUT2D eigenvalue weighted by molar-refractivity contribution is 5.79. The molecule has 29 heavy (non-hydrogen) atoms. The highest BCUT2D eigenvalue weighted by Crippen LogP contribution is 2.41. The molecule has 0 aliphatic carbocycles. The highest BCUT2D eigenvalue weighted by atomic mass is 19.2. The number of pyridine rings is 1. The Labute approximate surface area is 166 Å². The second-order valence-electron chi connectivity index (χ2n) is 7.52. The van der Waals surface area contributed by atoms with E-state index in [-0.39, 0.29) is 29.2 Å². The fourth-order valence-electron chi connectivity index (χ4n) is 3.94. The summed E-state index contributed by atoms with van der Waals surface area (Å²) in [6.07, 6.45) is 1.25. The van der Waals surface area contributed by atoms with Crippen molar-refractivity contribution in [3.05, 3.63) is 59.3 Å². The van der Waals surface area contributed by atoms with E-state index >= 15 is 0 Å². The SMILES string of the molecule is N#Cc1ccc(OC[C@]23COC[C@H]2CN(C(=O)Cc2cccc(F)c2F)C3)nc1. The molecular formula is C21H19F2N3O3. The van der Waals surface area contributed by atoms with Gasteiger partial charge in [-0.2, -0.15) is 5.26 Å². The molecule has 1 amide bonds. The number of fused-ring (bicyclic) bond motifs is 1. The number of aromatic nitrogens is 1. The summed E-state index contributed by atoms with van der Waals surface area (Å²) in [5, 5.41) is 8.84. The maximum Gasteiger partial charge on any atom is 0.227 e. The van der Waals surface area contributed by atoms with Gasteiger partial charge in [0.25, 0.3) is 0 Å². The quantitative estimate of drug-likeness (QED) is 0.772. The molecular weight excluding hydrogens is 380 g/mol. The Balaban J connectivity index is 1.42. The van der Waals surface area contributed by atoms with Crippen LogP contribution in [0.3, 0.4) is 0 Å². The number of halogens is 2. The molecule has 0 bridgehead atoms. The molecule has 1 aromatic carbocycles. The van der Waals surface area contributed by atoms with Crippen LogP contribution in [0.4, 0.5) is 8.78 Å². The largest absolute Gasteiger partial charge is 0.477 e. The average molecular weight is 399 g/mol. The Hall–Kier alpha value is -3.05. The molecule has 150 valence electrons. The zero-order chi connectivity index (χ0) is 20.4. The number of nitriles is 1. The van der Waals surface area contributed by atoms with Crippen LogP contribution in [0.2, 0.25) is 0 Å². The number of ether oxygens (including phenoxy) is 2. The van der Waals surface area contributed by atoms with Crippen LogP contribution < -0.4 is 4.74 Å². The van der Waals surface area contributed by atoms with Crippen molar-refractivity contribution in [1.29, 1.82) is 5.26 Å². The molecule has 0 N–H and O–H groups in total. The number of rotatable bonds is 5. The maximum atomic E-state index is 13.9. The lowest BCUT2D eigenvalue weighted by molar-refractivity contribution is -0.130. The van der Waals surface area contributed by atoms with Gasteiger partial charge in [-0.15, -0.1) is 0 Å². The van der Waals surface area contributed by atoms with Crippen LogP contribution in [0.5, 0.6) is 5.88 Å². The van der Waals surface area contributed by atoms with Crippen molar-refractivity contribution in [1.82, 2.24) is 9.88 Å². The molecule has 2 aliphatic heterocycles. The van der Waals surface area contributed by atoms with E-state index in [2.05, 4.69) is 4.98 Å². The zero-order valence-electron chi connectivity index (χ0n) is 15.6. The van der Waals surface area contributed by atoms with Crippen LogP contribution in [0.25, 0.3) is 0 Å². The molecule has 0 saturated carbocycles. The van der Waals surface area contributed by atoms with E-state index in [0.717, 1.165) is 6.07 Å². The molecule has 8 heteroatoms. The van der Waals surface area contributed by atoms with Crippen molar-refractivity contribution >= 4 is 5.91 Å². The summed E-state index contributed by atoms with van der Waals surface area (Å²) in [6, 6.07) is 9.11. The van der Waals surface area contributed by atoms with Gasteiger partial charge in [0.15, 0.2) is 11.6 Å². The number of carbonyl (C=O) groups is 1. The number of amides is 1. The first-order valence-electron chi connectivity index (χ1n) is 9.28. The Morgan fingerprint density at radius 3 is 3.00 bits per heavy atom. The molecule has 1 aromatic heterocycles. The summed E-state index contributed by atoms with van der Waals surface area (Å²) in [4.78, 5) is 18.5. The highest BCUT2D eigenvalue weighted by Gasteiger charge is 2.52. The zero-order valence-corrected chi connectivity index (χ0v) is 15.6. The molecule has 4 rings (SSSR count). The number of benzene rings is 1. The summed E-state index contributed by atoms with van der Waals surface area (Å²) in [7, 11) is 0. The van der Waals surface area contributed by atoms with Crippen molar-refractivity contribution in [3.63, 3.8) is 0 Å². The van der Waals surface area contributed by atoms with Crippen LogP contribution in [-0.2, 0) is 16.0 Å². The van der Waals surface area contributed by atoms with Crippen molar-refractivity contribution < 1.29 is 23.0 Å². The summed E-state index contributed by atoms with van der Waals surface area (Å²) in [5.41, 5.74) is 0.126. The van der Waals surface area contributed by atoms with E-state index in [1.807, 2.05) is 6.07 Å². The van der Waals surface area contributed by atoms with Crippen molar-refractivity contribution in [3.8, 4) is 11.9 Å². The van der Waals surface area contributed by atoms with E-state index in [9.17, 15) is 13.6 Å². The number of hydrogen-bond donors (Lipinski definition) is 0. The molecule has 6 nitrogen and oxygen atoms in total. The van der Waals surface area contributed by atoms with Gasteiger partial charge >= 0.3 is 0 Å². The first-order chi connectivity index (χ1) is 14.0. The van der Waals surface area contributed by atoms with Gasteiger partial charge in [0.1, 0.15) is 6.07 Å². The van der Waals surface area contributed by atoms with E-state index in [1.165, 1.54) is 18.3 Å².